The van der Waals surface area contributed by atoms with Crippen molar-refractivity contribution in [2.24, 2.45) is 5.92 Å². The standard InChI is InChI=1S/C14H18N2O5S/c1-9-4-5-12(6-10(9)2)22(19,20)16-8-11(14(18)21-3)7-13(17)15-16/h4-6,11H,7-8H2,1-3H3,(H,15,17). The van der Waals surface area contributed by atoms with Crippen LogP contribution < -0.4 is 5.43 Å². The lowest BCUT2D eigenvalue weighted by Gasteiger charge is -2.30. The fourth-order valence-corrected chi connectivity index (χ4v) is 3.62. The summed E-state index contributed by atoms with van der Waals surface area (Å²) in [6, 6.07) is 4.72. The predicted molar refractivity (Wildman–Crippen MR) is 78.1 cm³/mol. The van der Waals surface area contributed by atoms with E-state index in [2.05, 4.69) is 10.2 Å². The highest BCUT2D eigenvalue weighted by Gasteiger charge is 2.37. The molecular formula is C14H18N2O5S. The Labute approximate surface area is 129 Å². The molecule has 22 heavy (non-hydrogen) atoms. The summed E-state index contributed by atoms with van der Waals surface area (Å²) >= 11 is 0. The van der Waals surface area contributed by atoms with Crippen LogP contribution in [0, 0.1) is 19.8 Å². The lowest BCUT2D eigenvalue weighted by Crippen LogP contribution is -2.54. The second-order valence-electron chi connectivity index (χ2n) is 5.24. The van der Waals surface area contributed by atoms with Crippen molar-refractivity contribution in [2.75, 3.05) is 13.7 Å². The summed E-state index contributed by atoms with van der Waals surface area (Å²) in [5.41, 5.74) is 4.09. The number of aryl methyl sites for hydroxylation is 2. The number of nitrogens with zero attached hydrogens (tertiary/aromatic N) is 1. The fourth-order valence-electron chi connectivity index (χ4n) is 2.20. The number of nitrogens with one attached hydrogen (secondary N) is 1. The summed E-state index contributed by atoms with van der Waals surface area (Å²) in [7, 11) is -2.71. The monoisotopic (exact) mass is 326 g/mol. The zero-order chi connectivity index (χ0) is 16.5. The number of sulfonamides is 1. The highest BCUT2D eigenvalue weighted by molar-refractivity contribution is 7.89. The van der Waals surface area contributed by atoms with Gasteiger partial charge in [0.2, 0.25) is 5.91 Å². The Hall–Kier alpha value is -1.93. The Bertz CT molecular complexity index is 714. The van der Waals surface area contributed by atoms with E-state index in [1.165, 1.54) is 13.2 Å². The van der Waals surface area contributed by atoms with E-state index < -0.39 is 27.8 Å². The van der Waals surface area contributed by atoms with Crippen LogP contribution in [0.25, 0.3) is 0 Å². The van der Waals surface area contributed by atoms with Crippen molar-refractivity contribution >= 4 is 21.9 Å². The first kappa shape index (κ1) is 16.4. The number of carbonyl (C=O) groups is 2. The first-order valence-corrected chi connectivity index (χ1v) is 8.17. The van der Waals surface area contributed by atoms with Gasteiger partial charge in [0.25, 0.3) is 10.0 Å². The lowest BCUT2D eigenvalue weighted by molar-refractivity contribution is -0.150. The van der Waals surface area contributed by atoms with Gasteiger partial charge < -0.3 is 4.74 Å². The number of rotatable bonds is 3. The smallest absolute Gasteiger partial charge is 0.310 e. The number of esters is 1. The Kier molecular flexibility index (Phi) is 4.52. The highest BCUT2D eigenvalue weighted by atomic mass is 32.2. The van der Waals surface area contributed by atoms with Gasteiger partial charge in [0.1, 0.15) is 0 Å². The van der Waals surface area contributed by atoms with Crippen LogP contribution in [0.1, 0.15) is 17.5 Å². The molecule has 1 aromatic rings. The maximum atomic E-state index is 12.6. The van der Waals surface area contributed by atoms with Crippen LogP contribution in [0.4, 0.5) is 0 Å². The number of hydrazine groups is 1. The van der Waals surface area contributed by atoms with Gasteiger partial charge in [-0.3, -0.25) is 15.0 Å². The van der Waals surface area contributed by atoms with Crippen LogP contribution in [0.15, 0.2) is 23.1 Å². The normalized spacial score (nSPS) is 19.6. The lowest BCUT2D eigenvalue weighted by atomic mass is 10.0. The SMILES string of the molecule is COC(=O)C1CC(=O)NN(S(=O)(=O)c2ccc(C)c(C)c2)C1. The zero-order valence-corrected chi connectivity index (χ0v) is 13.4. The molecule has 120 valence electrons. The third-order valence-electron chi connectivity index (χ3n) is 3.67. The minimum Gasteiger partial charge on any atom is -0.469 e. The minimum absolute atomic E-state index is 0.0708. The fraction of sp³-hybridized carbons (Fsp3) is 0.429. The van der Waals surface area contributed by atoms with Crippen molar-refractivity contribution in [1.29, 1.82) is 0 Å². The number of hydrogen-bond acceptors (Lipinski definition) is 5. The van der Waals surface area contributed by atoms with E-state index in [1.54, 1.807) is 19.1 Å². The highest BCUT2D eigenvalue weighted by Crippen LogP contribution is 2.22. The summed E-state index contributed by atoms with van der Waals surface area (Å²) in [4.78, 5) is 23.3. The number of benzene rings is 1. The summed E-state index contributed by atoms with van der Waals surface area (Å²) in [5.74, 6) is -1.94. The molecule has 1 amide bonds. The second kappa shape index (κ2) is 6.05. The number of ether oxygens (including phenoxy) is 1. The van der Waals surface area contributed by atoms with Crippen molar-refractivity contribution in [1.82, 2.24) is 9.84 Å². The summed E-state index contributed by atoms with van der Waals surface area (Å²) in [6.45, 7) is 3.54. The first-order valence-electron chi connectivity index (χ1n) is 6.73. The van der Waals surface area contributed by atoms with E-state index in [-0.39, 0.29) is 17.9 Å². The van der Waals surface area contributed by atoms with E-state index >= 15 is 0 Å². The molecule has 8 heteroatoms. The molecule has 0 spiro atoms. The molecule has 1 aromatic carbocycles. The average Bonchev–Trinajstić information content (AvgIpc) is 2.48. The maximum absolute atomic E-state index is 12.6. The zero-order valence-electron chi connectivity index (χ0n) is 12.6. The maximum Gasteiger partial charge on any atom is 0.310 e. The number of hydrogen-bond donors (Lipinski definition) is 1. The molecule has 1 saturated heterocycles. The average molecular weight is 326 g/mol. The van der Waals surface area contributed by atoms with E-state index in [1.807, 2.05) is 6.92 Å². The van der Waals surface area contributed by atoms with Crippen molar-refractivity contribution in [3.05, 3.63) is 29.3 Å². The summed E-state index contributed by atoms with van der Waals surface area (Å²) in [6.07, 6.45) is -0.0916. The summed E-state index contributed by atoms with van der Waals surface area (Å²) in [5, 5.41) is 0. The molecule has 1 atom stereocenters. The molecule has 7 nitrogen and oxygen atoms in total. The summed E-state index contributed by atoms with van der Waals surface area (Å²) < 4.78 is 30.6. The Morgan fingerprint density at radius 3 is 2.59 bits per heavy atom. The molecule has 1 fully saturated rings. The Morgan fingerprint density at radius 2 is 2.00 bits per heavy atom. The largest absolute Gasteiger partial charge is 0.469 e. The van der Waals surface area contributed by atoms with Crippen molar-refractivity contribution in [3.8, 4) is 0 Å². The van der Waals surface area contributed by atoms with Gasteiger partial charge in [0.05, 0.1) is 17.9 Å². The van der Waals surface area contributed by atoms with Gasteiger partial charge in [0.15, 0.2) is 0 Å². The van der Waals surface area contributed by atoms with Gasteiger partial charge >= 0.3 is 5.97 Å². The minimum atomic E-state index is -3.92. The molecule has 0 bridgehead atoms. The van der Waals surface area contributed by atoms with Gasteiger partial charge in [-0.05, 0) is 37.1 Å². The Morgan fingerprint density at radius 1 is 1.32 bits per heavy atom. The van der Waals surface area contributed by atoms with Crippen LogP contribution in [0.3, 0.4) is 0 Å². The van der Waals surface area contributed by atoms with Gasteiger partial charge in [-0.2, -0.15) is 0 Å². The Balaban J connectivity index is 2.33. The van der Waals surface area contributed by atoms with E-state index in [0.717, 1.165) is 15.5 Å². The van der Waals surface area contributed by atoms with E-state index in [9.17, 15) is 18.0 Å². The number of amides is 1. The van der Waals surface area contributed by atoms with Crippen LogP contribution in [-0.4, -0.2) is 38.4 Å². The molecule has 0 saturated carbocycles. The second-order valence-corrected chi connectivity index (χ2v) is 7.10. The third kappa shape index (κ3) is 3.12. The van der Waals surface area contributed by atoms with Gasteiger partial charge in [-0.1, -0.05) is 6.07 Å². The molecule has 0 radical (unpaired) electrons. The van der Waals surface area contributed by atoms with Crippen molar-refractivity contribution in [3.63, 3.8) is 0 Å². The van der Waals surface area contributed by atoms with Crippen LogP contribution in [0.5, 0.6) is 0 Å². The molecule has 1 N–H and O–H groups in total. The predicted octanol–water partition coefficient (Wildman–Crippen LogP) is 0.518. The van der Waals surface area contributed by atoms with E-state index in [4.69, 9.17) is 0 Å². The van der Waals surface area contributed by atoms with Gasteiger partial charge in [-0.15, -0.1) is 4.41 Å². The third-order valence-corrected chi connectivity index (χ3v) is 5.34. The molecular weight excluding hydrogens is 308 g/mol. The van der Waals surface area contributed by atoms with Crippen molar-refractivity contribution < 1.29 is 22.7 Å². The first-order chi connectivity index (χ1) is 10.3. The molecule has 2 rings (SSSR count). The molecule has 1 aliphatic heterocycles. The topological polar surface area (TPSA) is 92.8 Å². The van der Waals surface area contributed by atoms with E-state index in [0.29, 0.717) is 0 Å². The molecule has 1 aliphatic rings. The van der Waals surface area contributed by atoms with Crippen LogP contribution in [-0.2, 0) is 24.3 Å². The molecule has 1 unspecified atom stereocenters. The number of methoxy groups -OCH3 is 1. The van der Waals surface area contributed by atoms with Crippen molar-refractivity contribution in [2.45, 2.75) is 25.2 Å². The van der Waals surface area contributed by atoms with Crippen LogP contribution >= 0.6 is 0 Å². The van der Waals surface area contributed by atoms with Gasteiger partial charge in [0, 0.05) is 13.0 Å². The number of carbonyl (C=O) groups excluding carboxylic acids is 2. The molecule has 1 heterocycles. The quantitative estimate of drug-likeness (QED) is 0.817. The molecule has 0 aliphatic carbocycles. The molecule has 0 aromatic heterocycles. The van der Waals surface area contributed by atoms with Gasteiger partial charge in [-0.25, -0.2) is 8.42 Å². The van der Waals surface area contributed by atoms with Crippen LogP contribution in [0.2, 0.25) is 0 Å².